The van der Waals surface area contributed by atoms with E-state index in [-0.39, 0.29) is 24.5 Å². The SMILES string of the molecule is COc1cccc(CN2CCC(N(C)C(=O)n3cnc(-c4ccc(C(N)=O)cc4)c3)CC2)c1.Cl. The Bertz CT molecular complexity index is 1120. The van der Waals surface area contributed by atoms with Crippen LogP contribution in [0.1, 0.15) is 28.8 Å². The number of piperidine rings is 1. The number of benzene rings is 2. The maximum atomic E-state index is 13.0. The molecule has 1 aliphatic rings. The van der Waals surface area contributed by atoms with Gasteiger partial charge in [0.05, 0.1) is 12.8 Å². The molecular formula is C25H30ClN5O3. The number of methoxy groups -OCH3 is 1. The van der Waals surface area contributed by atoms with E-state index in [1.54, 1.807) is 37.6 Å². The molecule has 9 heteroatoms. The third-order valence-electron chi connectivity index (χ3n) is 6.22. The molecule has 1 fully saturated rings. The summed E-state index contributed by atoms with van der Waals surface area (Å²) in [4.78, 5) is 32.9. The first-order valence-corrected chi connectivity index (χ1v) is 11.0. The van der Waals surface area contributed by atoms with Crippen molar-refractivity contribution in [3.63, 3.8) is 0 Å². The number of likely N-dealkylation sites (tertiary alicyclic amines) is 1. The molecule has 0 saturated carbocycles. The molecule has 0 atom stereocenters. The molecule has 4 rings (SSSR count). The van der Waals surface area contributed by atoms with Crippen LogP contribution in [0.5, 0.6) is 5.75 Å². The number of nitrogens with zero attached hydrogens (tertiary/aromatic N) is 4. The lowest BCUT2D eigenvalue weighted by Gasteiger charge is -2.36. The van der Waals surface area contributed by atoms with Crippen LogP contribution in [0.15, 0.2) is 61.1 Å². The van der Waals surface area contributed by atoms with Gasteiger partial charge in [-0.05, 0) is 42.7 Å². The molecule has 2 amide bonds. The van der Waals surface area contributed by atoms with Crippen LogP contribution in [-0.4, -0.2) is 64.6 Å². The van der Waals surface area contributed by atoms with E-state index in [1.165, 1.54) is 16.5 Å². The van der Waals surface area contributed by atoms with E-state index in [0.29, 0.717) is 11.3 Å². The van der Waals surface area contributed by atoms with Crippen LogP contribution in [0, 0.1) is 0 Å². The predicted octanol–water partition coefficient (Wildman–Crippen LogP) is 3.64. The lowest BCUT2D eigenvalue weighted by Crippen LogP contribution is -2.46. The highest BCUT2D eigenvalue weighted by Crippen LogP contribution is 2.22. The summed E-state index contributed by atoms with van der Waals surface area (Å²) in [5, 5.41) is 0. The number of carbonyl (C=O) groups is 2. The number of hydrogen-bond donors (Lipinski definition) is 1. The second-order valence-corrected chi connectivity index (χ2v) is 8.36. The number of imidazole rings is 1. The van der Waals surface area contributed by atoms with Crippen molar-refractivity contribution < 1.29 is 14.3 Å². The molecule has 2 heterocycles. The Kier molecular flexibility index (Phi) is 8.31. The van der Waals surface area contributed by atoms with E-state index in [2.05, 4.69) is 22.0 Å². The van der Waals surface area contributed by atoms with Crippen molar-refractivity contribution in [1.82, 2.24) is 19.4 Å². The molecule has 3 aromatic rings. The van der Waals surface area contributed by atoms with Gasteiger partial charge in [-0.3, -0.25) is 14.3 Å². The number of ether oxygens (including phenoxy) is 1. The van der Waals surface area contributed by atoms with Gasteiger partial charge in [-0.2, -0.15) is 0 Å². The largest absolute Gasteiger partial charge is 0.497 e. The van der Waals surface area contributed by atoms with E-state index in [9.17, 15) is 9.59 Å². The monoisotopic (exact) mass is 483 g/mol. The highest BCUT2D eigenvalue weighted by Gasteiger charge is 2.26. The third-order valence-corrected chi connectivity index (χ3v) is 6.22. The average molecular weight is 484 g/mol. The normalized spacial score (nSPS) is 14.3. The van der Waals surface area contributed by atoms with Crippen molar-refractivity contribution in [3.05, 3.63) is 72.2 Å². The third kappa shape index (κ3) is 5.76. The first-order chi connectivity index (χ1) is 15.9. The summed E-state index contributed by atoms with van der Waals surface area (Å²) in [6.45, 7) is 2.74. The standard InChI is InChI=1S/C25H29N5O3.ClH/c1-28(21-10-12-29(13-11-21)15-18-4-3-5-22(14-18)33-2)25(32)30-16-23(27-17-30)19-6-8-20(9-7-19)24(26)31;/h3-9,14,16-17,21H,10-13,15H2,1-2H3,(H2,26,31);1H. The van der Waals surface area contributed by atoms with Crippen molar-refractivity contribution in [2.45, 2.75) is 25.4 Å². The number of hydrogen-bond acceptors (Lipinski definition) is 5. The van der Waals surface area contributed by atoms with Gasteiger partial charge >= 0.3 is 6.03 Å². The number of primary amides is 1. The van der Waals surface area contributed by atoms with Gasteiger partial charge in [0, 0.05) is 50.0 Å². The average Bonchev–Trinajstić information content (AvgIpc) is 3.34. The van der Waals surface area contributed by atoms with Crippen molar-refractivity contribution in [3.8, 4) is 17.0 Å². The van der Waals surface area contributed by atoms with E-state index >= 15 is 0 Å². The van der Waals surface area contributed by atoms with Crippen LogP contribution in [0.2, 0.25) is 0 Å². The molecule has 8 nitrogen and oxygen atoms in total. The van der Waals surface area contributed by atoms with Gasteiger partial charge in [0.25, 0.3) is 0 Å². The fourth-order valence-electron chi connectivity index (χ4n) is 4.21. The van der Waals surface area contributed by atoms with E-state index in [4.69, 9.17) is 10.5 Å². The van der Waals surface area contributed by atoms with Crippen LogP contribution in [-0.2, 0) is 6.54 Å². The summed E-state index contributed by atoms with van der Waals surface area (Å²) < 4.78 is 6.83. The van der Waals surface area contributed by atoms with Gasteiger partial charge in [0.2, 0.25) is 5.91 Å². The number of halogens is 1. The highest BCUT2D eigenvalue weighted by atomic mass is 35.5. The molecule has 0 spiro atoms. The first kappa shape index (κ1) is 25.3. The minimum Gasteiger partial charge on any atom is -0.497 e. The molecular weight excluding hydrogens is 454 g/mol. The molecule has 2 aromatic carbocycles. The fourth-order valence-corrected chi connectivity index (χ4v) is 4.21. The summed E-state index contributed by atoms with van der Waals surface area (Å²) >= 11 is 0. The Balaban J connectivity index is 0.00000324. The molecule has 0 unspecified atom stereocenters. The van der Waals surface area contributed by atoms with E-state index < -0.39 is 5.91 Å². The van der Waals surface area contributed by atoms with Crippen molar-refractivity contribution in [2.24, 2.45) is 5.73 Å². The second kappa shape index (κ2) is 11.2. The number of nitrogens with two attached hydrogens (primary N) is 1. The van der Waals surface area contributed by atoms with E-state index in [1.807, 2.05) is 24.1 Å². The summed E-state index contributed by atoms with van der Waals surface area (Å²) in [7, 11) is 3.53. The second-order valence-electron chi connectivity index (χ2n) is 8.36. The van der Waals surface area contributed by atoms with Gasteiger partial charge in [0.15, 0.2) is 0 Å². The highest BCUT2D eigenvalue weighted by molar-refractivity contribution is 5.93. The van der Waals surface area contributed by atoms with Gasteiger partial charge < -0.3 is 15.4 Å². The Morgan fingerprint density at radius 2 is 1.85 bits per heavy atom. The number of aromatic nitrogens is 2. The van der Waals surface area contributed by atoms with Crippen LogP contribution < -0.4 is 10.5 Å². The molecule has 180 valence electrons. The summed E-state index contributed by atoms with van der Waals surface area (Å²) in [5.74, 6) is 0.398. The Hall–Kier alpha value is -3.36. The Morgan fingerprint density at radius 1 is 1.15 bits per heavy atom. The zero-order chi connectivity index (χ0) is 23.4. The van der Waals surface area contributed by atoms with Crippen molar-refractivity contribution >= 4 is 24.3 Å². The molecule has 1 aliphatic heterocycles. The maximum absolute atomic E-state index is 13.0. The lowest BCUT2D eigenvalue weighted by atomic mass is 10.0. The lowest BCUT2D eigenvalue weighted by molar-refractivity contribution is 0.1000. The number of amides is 2. The van der Waals surface area contributed by atoms with Gasteiger partial charge in [0.1, 0.15) is 12.1 Å². The van der Waals surface area contributed by atoms with Crippen molar-refractivity contribution in [1.29, 1.82) is 0 Å². The summed E-state index contributed by atoms with van der Waals surface area (Å²) in [5.41, 5.74) is 8.44. The van der Waals surface area contributed by atoms with Crippen LogP contribution >= 0.6 is 12.4 Å². The quantitative estimate of drug-likeness (QED) is 0.577. The molecule has 0 aliphatic carbocycles. The number of carbonyl (C=O) groups excluding carboxylic acids is 2. The summed E-state index contributed by atoms with van der Waals surface area (Å²) in [6.07, 6.45) is 5.09. The topological polar surface area (TPSA) is 93.7 Å². The number of rotatable bonds is 6. The van der Waals surface area contributed by atoms with Gasteiger partial charge in [-0.1, -0.05) is 24.3 Å². The molecule has 34 heavy (non-hydrogen) atoms. The zero-order valence-corrected chi connectivity index (χ0v) is 20.2. The van der Waals surface area contributed by atoms with E-state index in [0.717, 1.165) is 43.8 Å². The summed E-state index contributed by atoms with van der Waals surface area (Å²) in [6, 6.07) is 15.1. The zero-order valence-electron chi connectivity index (χ0n) is 19.4. The molecule has 2 N–H and O–H groups in total. The van der Waals surface area contributed by atoms with Gasteiger partial charge in [-0.15, -0.1) is 12.4 Å². The maximum Gasteiger partial charge on any atom is 0.329 e. The predicted molar refractivity (Wildman–Crippen MR) is 133 cm³/mol. The molecule has 1 aromatic heterocycles. The van der Waals surface area contributed by atoms with Crippen LogP contribution in [0.25, 0.3) is 11.3 Å². The van der Waals surface area contributed by atoms with Crippen molar-refractivity contribution in [2.75, 3.05) is 27.2 Å². The van der Waals surface area contributed by atoms with Gasteiger partial charge in [-0.25, -0.2) is 9.78 Å². The molecule has 0 bridgehead atoms. The fraction of sp³-hybridized carbons (Fsp3) is 0.320. The molecule has 1 saturated heterocycles. The molecule has 0 radical (unpaired) electrons. The minimum atomic E-state index is -0.474. The smallest absolute Gasteiger partial charge is 0.329 e. The Labute approximate surface area is 205 Å². The van der Waals surface area contributed by atoms with Crippen LogP contribution in [0.3, 0.4) is 0 Å². The minimum absolute atomic E-state index is 0. The van der Waals surface area contributed by atoms with Crippen LogP contribution in [0.4, 0.5) is 4.79 Å². The first-order valence-electron chi connectivity index (χ1n) is 11.0. The Morgan fingerprint density at radius 3 is 2.50 bits per heavy atom.